The third-order valence-corrected chi connectivity index (χ3v) is 6.39. The van der Waals surface area contributed by atoms with Gasteiger partial charge >= 0.3 is 6.09 Å². The number of nitrogens with zero attached hydrogens (tertiary/aromatic N) is 1. The molecule has 3 N–H and O–H groups in total. The first-order valence-electron chi connectivity index (χ1n) is 7.62. The van der Waals surface area contributed by atoms with Crippen LogP contribution in [0.25, 0.3) is 0 Å². The van der Waals surface area contributed by atoms with Crippen LogP contribution in [-0.4, -0.2) is 27.9 Å². The van der Waals surface area contributed by atoms with Gasteiger partial charge in [0, 0.05) is 9.85 Å². The molecular weight excluding hydrogens is 430 g/mol. The molecule has 0 saturated heterocycles. The SMILES string of the molecule is CC(C)C[C@H](NC(=O)OC(C)(C)C)C(=O)N=S(N)(=O)c1cc(Br)cs1. The predicted octanol–water partition coefficient (Wildman–Crippen LogP) is 3.68. The molecule has 10 heteroatoms. The fourth-order valence-corrected chi connectivity index (χ4v) is 4.73. The highest BCUT2D eigenvalue weighted by molar-refractivity contribution is 9.10. The van der Waals surface area contributed by atoms with Crippen molar-refractivity contribution >= 4 is 49.2 Å². The van der Waals surface area contributed by atoms with Crippen LogP contribution in [0.1, 0.15) is 41.0 Å². The summed E-state index contributed by atoms with van der Waals surface area (Å²) in [6, 6.07) is 0.602. The van der Waals surface area contributed by atoms with E-state index in [2.05, 4.69) is 25.6 Å². The van der Waals surface area contributed by atoms with Gasteiger partial charge in [-0.25, -0.2) is 14.1 Å². The maximum Gasteiger partial charge on any atom is 0.408 e. The number of alkyl carbamates (subject to hydrolysis) is 1. The first-order valence-corrected chi connectivity index (χ1v) is 10.9. The van der Waals surface area contributed by atoms with Crippen molar-refractivity contribution in [3.63, 3.8) is 0 Å². The number of amides is 2. The van der Waals surface area contributed by atoms with E-state index >= 15 is 0 Å². The molecule has 1 unspecified atom stereocenters. The van der Waals surface area contributed by atoms with Crippen LogP contribution < -0.4 is 10.5 Å². The smallest absolute Gasteiger partial charge is 0.408 e. The Bertz CT molecular complexity index is 746. The number of halogens is 1. The Balaban J connectivity index is 3.02. The fourth-order valence-electron chi connectivity index (χ4n) is 1.83. The topological polar surface area (TPSA) is 111 Å². The highest BCUT2D eigenvalue weighted by Gasteiger charge is 2.26. The highest BCUT2D eigenvalue weighted by Crippen LogP contribution is 2.24. The number of carbonyl (C=O) groups excluding carboxylic acids is 2. The summed E-state index contributed by atoms with van der Waals surface area (Å²) in [6.07, 6.45) is -0.408. The summed E-state index contributed by atoms with van der Waals surface area (Å²) in [7, 11) is -3.37. The van der Waals surface area contributed by atoms with Crippen LogP contribution in [0.4, 0.5) is 4.79 Å². The molecule has 25 heavy (non-hydrogen) atoms. The van der Waals surface area contributed by atoms with Crippen molar-refractivity contribution in [1.29, 1.82) is 0 Å². The normalized spacial score (nSPS) is 15.4. The zero-order valence-corrected chi connectivity index (χ0v) is 18.1. The first kappa shape index (κ1) is 22.1. The molecular formula is C15H24BrN3O4S2. The largest absolute Gasteiger partial charge is 0.444 e. The highest BCUT2D eigenvalue weighted by atomic mass is 79.9. The van der Waals surface area contributed by atoms with E-state index < -0.39 is 33.6 Å². The Morgan fingerprint density at radius 2 is 2.04 bits per heavy atom. The van der Waals surface area contributed by atoms with Crippen molar-refractivity contribution in [2.75, 3.05) is 0 Å². The van der Waals surface area contributed by atoms with Crippen molar-refractivity contribution in [3.05, 3.63) is 15.9 Å². The van der Waals surface area contributed by atoms with Gasteiger partial charge in [-0.3, -0.25) is 4.79 Å². The van der Waals surface area contributed by atoms with Gasteiger partial charge in [-0.1, -0.05) is 13.8 Å². The molecule has 0 aliphatic heterocycles. The summed E-state index contributed by atoms with van der Waals surface area (Å²) in [5, 5.41) is 9.93. The Morgan fingerprint density at radius 1 is 1.44 bits per heavy atom. The van der Waals surface area contributed by atoms with Crippen LogP contribution in [0.3, 0.4) is 0 Å². The Morgan fingerprint density at radius 3 is 2.48 bits per heavy atom. The Hall–Kier alpha value is -0.970. The molecule has 0 bridgehead atoms. The minimum absolute atomic E-state index is 0.101. The molecule has 0 fully saturated rings. The molecule has 1 heterocycles. The molecule has 0 saturated carbocycles. The van der Waals surface area contributed by atoms with Crippen LogP contribution >= 0.6 is 27.3 Å². The van der Waals surface area contributed by atoms with Crippen molar-refractivity contribution in [3.8, 4) is 0 Å². The number of nitrogens with one attached hydrogen (secondary N) is 1. The van der Waals surface area contributed by atoms with Gasteiger partial charge in [-0.05, 0) is 55.1 Å². The minimum atomic E-state index is -3.37. The molecule has 0 aromatic carbocycles. The van der Waals surface area contributed by atoms with E-state index in [9.17, 15) is 13.8 Å². The molecule has 2 atom stereocenters. The van der Waals surface area contributed by atoms with E-state index in [1.807, 2.05) is 13.8 Å². The van der Waals surface area contributed by atoms with E-state index in [-0.39, 0.29) is 10.1 Å². The molecule has 1 aromatic heterocycles. The third kappa shape index (κ3) is 7.85. The van der Waals surface area contributed by atoms with Gasteiger partial charge in [-0.2, -0.15) is 0 Å². The predicted molar refractivity (Wildman–Crippen MR) is 103 cm³/mol. The number of nitrogens with two attached hydrogens (primary N) is 1. The molecule has 7 nitrogen and oxygen atoms in total. The Kier molecular flexibility index (Phi) is 7.60. The Labute approximate surface area is 161 Å². The minimum Gasteiger partial charge on any atom is -0.444 e. The van der Waals surface area contributed by atoms with Gasteiger partial charge in [0.25, 0.3) is 5.91 Å². The maximum absolute atomic E-state index is 12.6. The maximum atomic E-state index is 12.6. The van der Waals surface area contributed by atoms with Gasteiger partial charge in [0.05, 0.1) is 0 Å². The van der Waals surface area contributed by atoms with Gasteiger partial charge < -0.3 is 10.1 Å². The quantitative estimate of drug-likeness (QED) is 0.707. The molecule has 142 valence electrons. The van der Waals surface area contributed by atoms with Gasteiger partial charge in [0.2, 0.25) is 0 Å². The second kappa shape index (κ2) is 8.61. The van der Waals surface area contributed by atoms with Crippen LogP contribution in [0.2, 0.25) is 0 Å². The summed E-state index contributed by atoms with van der Waals surface area (Å²) >= 11 is 4.38. The van der Waals surface area contributed by atoms with E-state index in [1.54, 1.807) is 32.2 Å². The third-order valence-electron chi connectivity index (χ3n) is 2.75. The monoisotopic (exact) mass is 453 g/mol. The molecule has 2 amide bonds. The molecule has 1 aromatic rings. The fraction of sp³-hybridized carbons (Fsp3) is 0.600. The number of hydrogen-bond donors (Lipinski definition) is 2. The van der Waals surface area contributed by atoms with Crippen LogP contribution in [0.5, 0.6) is 0 Å². The summed E-state index contributed by atoms with van der Waals surface area (Å²) < 4.78 is 22.4. The number of ether oxygens (including phenoxy) is 1. The number of carbonyl (C=O) groups is 2. The van der Waals surface area contributed by atoms with Crippen LogP contribution in [0, 0.1) is 5.92 Å². The second-order valence-corrected chi connectivity index (χ2v) is 10.8. The van der Waals surface area contributed by atoms with Gasteiger partial charge in [0.1, 0.15) is 15.9 Å². The lowest BCUT2D eigenvalue weighted by Gasteiger charge is -2.23. The summed E-state index contributed by atoms with van der Waals surface area (Å²) in [5.41, 5.74) is -0.697. The average Bonchev–Trinajstić information content (AvgIpc) is 2.82. The zero-order chi connectivity index (χ0) is 19.4. The second-order valence-electron chi connectivity index (χ2n) is 6.91. The average molecular weight is 454 g/mol. The van der Waals surface area contributed by atoms with Crippen LogP contribution in [-0.2, 0) is 19.4 Å². The lowest BCUT2D eigenvalue weighted by atomic mass is 10.0. The standard InChI is InChI=1S/C15H24BrN3O4S2/c1-9(2)6-11(18-14(21)23-15(3,4)5)13(20)19-25(17,22)12-7-10(16)8-24-12/h7-9,11H,6H2,1-5H3,(H,18,21)(H2,17,19,20,22)/t11-,25?/m0/s1. The van der Waals surface area contributed by atoms with Gasteiger partial charge in [-0.15, -0.1) is 15.7 Å². The van der Waals surface area contributed by atoms with E-state index in [1.165, 1.54) is 0 Å². The van der Waals surface area contributed by atoms with Crippen molar-refractivity contribution in [2.24, 2.45) is 15.4 Å². The summed E-state index contributed by atoms with van der Waals surface area (Å²) in [5.74, 6) is -0.639. The van der Waals surface area contributed by atoms with Crippen molar-refractivity contribution < 1.29 is 18.5 Å². The van der Waals surface area contributed by atoms with Crippen LogP contribution in [0.15, 0.2) is 24.5 Å². The zero-order valence-electron chi connectivity index (χ0n) is 14.9. The molecule has 0 radical (unpaired) electrons. The first-order chi connectivity index (χ1) is 11.3. The molecule has 0 aliphatic carbocycles. The number of thiophene rings is 1. The van der Waals surface area contributed by atoms with Gasteiger partial charge in [0.15, 0.2) is 9.92 Å². The van der Waals surface area contributed by atoms with Crippen molar-refractivity contribution in [1.82, 2.24) is 5.32 Å². The van der Waals surface area contributed by atoms with Crippen molar-refractivity contribution in [2.45, 2.75) is 56.9 Å². The van der Waals surface area contributed by atoms with E-state index in [0.29, 0.717) is 10.9 Å². The lowest BCUT2D eigenvalue weighted by molar-refractivity contribution is -0.120. The van der Waals surface area contributed by atoms with E-state index in [4.69, 9.17) is 9.88 Å². The molecule has 1 rings (SSSR count). The lowest BCUT2D eigenvalue weighted by Crippen LogP contribution is -2.44. The summed E-state index contributed by atoms with van der Waals surface area (Å²) in [6.45, 7) is 8.95. The summed E-state index contributed by atoms with van der Waals surface area (Å²) in [4.78, 5) is 24.4. The number of hydrogen-bond acceptors (Lipinski definition) is 5. The molecule has 0 aliphatic rings. The molecule has 0 spiro atoms. The number of rotatable bonds is 5. The van der Waals surface area contributed by atoms with E-state index in [0.717, 1.165) is 11.3 Å².